The van der Waals surface area contributed by atoms with E-state index < -0.39 is 0 Å². The Morgan fingerprint density at radius 2 is 1.88 bits per heavy atom. The van der Waals surface area contributed by atoms with Gasteiger partial charge in [-0.25, -0.2) is 4.98 Å². The summed E-state index contributed by atoms with van der Waals surface area (Å²) in [4.78, 5) is 41.7. The van der Waals surface area contributed by atoms with Crippen LogP contribution in [0.4, 0.5) is 5.69 Å². The third-order valence-electron chi connectivity index (χ3n) is 8.24. The summed E-state index contributed by atoms with van der Waals surface area (Å²) in [6.45, 7) is 4.86. The molecule has 9 nitrogen and oxygen atoms in total. The zero-order valence-corrected chi connectivity index (χ0v) is 22.8. The highest BCUT2D eigenvalue weighted by molar-refractivity contribution is 6.44. The molecule has 9 heteroatoms. The molecule has 0 aromatic carbocycles. The minimum Gasteiger partial charge on any atom is -0.379 e. The van der Waals surface area contributed by atoms with Gasteiger partial charge in [-0.1, -0.05) is 30.6 Å². The molecule has 2 fully saturated rings. The molecule has 0 bridgehead atoms. The molecule has 2 amide bonds. The van der Waals surface area contributed by atoms with Gasteiger partial charge in [0.25, 0.3) is 11.8 Å². The van der Waals surface area contributed by atoms with E-state index in [9.17, 15) is 9.59 Å². The first-order valence-electron chi connectivity index (χ1n) is 14.4. The molecular formula is C31H36N6O3. The number of carbonyl (C=O) groups excluding carboxylic acids is 2. The largest absolute Gasteiger partial charge is 0.379 e. The maximum absolute atomic E-state index is 13.4. The Morgan fingerprint density at radius 1 is 1.02 bits per heavy atom. The molecule has 208 valence electrons. The summed E-state index contributed by atoms with van der Waals surface area (Å²) in [5.74, 6) is -0.455. The zero-order chi connectivity index (χ0) is 27.3. The number of aliphatic imine (C=N–C) groups is 1. The van der Waals surface area contributed by atoms with E-state index in [0.717, 1.165) is 76.1 Å². The number of allylic oxidation sites excluding steroid dienone is 3. The second-order valence-corrected chi connectivity index (χ2v) is 11.0. The Labute approximate surface area is 234 Å². The maximum atomic E-state index is 13.4. The minimum absolute atomic E-state index is 0.0685. The van der Waals surface area contributed by atoms with Gasteiger partial charge in [0.1, 0.15) is 11.4 Å². The van der Waals surface area contributed by atoms with Crippen molar-refractivity contribution in [2.24, 2.45) is 10.9 Å². The van der Waals surface area contributed by atoms with Gasteiger partial charge in [-0.2, -0.15) is 0 Å². The Balaban J connectivity index is 1.10. The highest BCUT2D eigenvalue weighted by Crippen LogP contribution is 2.36. The number of nitrogens with one attached hydrogen (secondary N) is 2. The minimum atomic E-state index is -0.221. The summed E-state index contributed by atoms with van der Waals surface area (Å²) in [5.41, 5.74) is 6.11. The second kappa shape index (κ2) is 12.2. The number of hydrogen-bond acceptors (Lipinski definition) is 7. The molecule has 2 aliphatic heterocycles. The number of carbonyl (C=O) groups is 2. The van der Waals surface area contributed by atoms with Gasteiger partial charge in [0.2, 0.25) is 0 Å². The van der Waals surface area contributed by atoms with Crippen molar-refractivity contribution in [2.75, 3.05) is 38.2 Å². The van der Waals surface area contributed by atoms with Crippen LogP contribution < -0.4 is 10.6 Å². The van der Waals surface area contributed by atoms with Crippen LogP contribution in [0.2, 0.25) is 0 Å². The topological polar surface area (TPSA) is 109 Å². The van der Waals surface area contributed by atoms with E-state index in [1.54, 1.807) is 18.3 Å². The lowest BCUT2D eigenvalue weighted by Crippen LogP contribution is -2.35. The molecule has 4 aliphatic rings. The van der Waals surface area contributed by atoms with Crippen LogP contribution in [-0.4, -0.2) is 71.3 Å². The van der Waals surface area contributed by atoms with Crippen LogP contribution in [0.3, 0.4) is 0 Å². The molecular weight excluding hydrogens is 504 g/mol. The lowest BCUT2D eigenvalue weighted by Gasteiger charge is -2.29. The summed E-state index contributed by atoms with van der Waals surface area (Å²) in [7, 11) is 0. The molecule has 2 aliphatic carbocycles. The fourth-order valence-corrected chi connectivity index (χ4v) is 6.03. The van der Waals surface area contributed by atoms with Gasteiger partial charge in [-0.15, -0.1) is 0 Å². The molecule has 2 N–H and O–H groups in total. The van der Waals surface area contributed by atoms with Crippen LogP contribution >= 0.6 is 0 Å². The summed E-state index contributed by atoms with van der Waals surface area (Å²) >= 11 is 0. The number of amides is 2. The number of aromatic nitrogens is 2. The van der Waals surface area contributed by atoms with Gasteiger partial charge in [-0.05, 0) is 60.6 Å². The average molecular weight is 541 g/mol. The van der Waals surface area contributed by atoms with E-state index in [2.05, 4.69) is 48.7 Å². The van der Waals surface area contributed by atoms with Crippen LogP contribution in [0.1, 0.15) is 60.1 Å². The molecule has 2 aromatic heterocycles. The quantitative estimate of drug-likeness (QED) is 0.553. The molecule has 1 unspecified atom stereocenters. The SMILES string of the molecule is O=C(Nc1ccc(C(=O)NC2CCCC2)nc1)C1=NCCC2=CC=C(c3cncc(CN4CCOCC4)c3)CC21. The summed E-state index contributed by atoms with van der Waals surface area (Å²) in [6.07, 6.45) is 15.6. The average Bonchev–Trinajstić information content (AvgIpc) is 3.50. The zero-order valence-electron chi connectivity index (χ0n) is 22.8. The van der Waals surface area contributed by atoms with Crippen molar-refractivity contribution >= 4 is 28.8 Å². The van der Waals surface area contributed by atoms with Gasteiger partial charge in [-0.3, -0.25) is 24.5 Å². The van der Waals surface area contributed by atoms with Gasteiger partial charge < -0.3 is 15.4 Å². The monoisotopic (exact) mass is 540 g/mol. The van der Waals surface area contributed by atoms with Crippen LogP contribution in [0.25, 0.3) is 5.57 Å². The number of rotatable bonds is 7. The van der Waals surface area contributed by atoms with E-state index in [-0.39, 0.29) is 23.8 Å². The number of pyridine rings is 2. The van der Waals surface area contributed by atoms with Crippen molar-refractivity contribution in [1.82, 2.24) is 20.2 Å². The predicted octanol–water partition coefficient (Wildman–Crippen LogP) is 3.79. The Kier molecular flexibility index (Phi) is 8.11. The number of morpholine rings is 1. The highest BCUT2D eigenvalue weighted by atomic mass is 16.5. The fraction of sp³-hybridized carbons (Fsp3) is 0.452. The number of ether oxygens (including phenoxy) is 1. The Morgan fingerprint density at radius 3 is 2.67 bits per heavy atom. The van der Waals surface area contributed by atoms with Crippen LogP contribution in [0.15, 0.2) is 59.5 Å². The molecule has 1 saturated heterocycles. The molecule has 0 radical (unpaired) electrons. The molecule has 2 aromatic rings. The lowest BCUT2D eigenvalue weighted by molar-refractivity contribution is -0.110. The van der Waals surface area contributed by atoms with Gasteiger partial charge in [0.05, 0.1) is 25.1 Å². The summed E-state index contributed by atoms with van der Waals surface area (Å²) in [6, 6.07) is 5.83. The lowest BCUT2D eigenvalue weighted by atomic mass is 9.78. The highest BCUT2D eigenvalue weighted by Gasteiger charge is 2.32. The third-order valence-corrected chi connectivity index (χ3v) is 8.24. The van der Waals surface area contributed by atoms with Crippen LogP contribution in [0, 0.1) is 5.92 Å². The number of fused-ring (bicyclic) bond motifs is 1. The first kappa shape index (κ1) is 26.5. The van der Waals surface area contributed by atoms with Gasteiger partial charge in [0.15, 0.2) is 0 Å². The first-order valence-corrected chi connectivity index (χ1v) is 14.4. The van der Waals surface area contributed by atoms with Crippen molar-refractivity contribution in [3.8, 4) is 0 Å². The Hall–Kier alpha value is -3.69. The van der Waals surface area contributed by atoms with Crippen molar-refractivity contribution in [1.29, 1.82) is 0 Å². The van der Waals surface area contributed by atoms with Crippen LogP contribution in [0.5, 0.6) is 0 Å². The standard InChI is InChI=1S/C31H36N6O3/c38-30(35-25-3-1-2-4-25)28-8-7-26(19-34-28)36-31(39)29-27-16-23(6-5-22(27)9-10-33-29)24-15-21(17-32-18-24)20-37-11-13-40-14-12-37/h5-8,15,17-19,25,27H,1-4,9-14,16,20H2,(H,35,38)(H,36,39). The van der Waals surface area contributed by atoms with E-state index in [0.29, 0.717) is 30.1 Å². The maximum Gasteiger partial charge on any atom is 0.270 e. The van der Waals surface area contributed by atoms with Gasteiger partial charge >= 0.3 is 0 Å². The smallest absolute Gasteiger partial charge is 0.270 e. The molecule has 6 rings (SSSR count). The van der Waals surface area contributed by atoms with Crippen molar-refractivity contribution < 1.29 is 14.3 Å². The Bertz CT molecular complexity index is 1340. The van der Waals surface area contributed by atoms with Gasteiger partial charge in [0, 0.05) is 50.5 Å². The van der Waals surface area contributed by atoms with Crippen molar-refractivity contribution in [3.05, 3.63) is 71.3 Å². The van der Waals surface area contributed by atoms with Crippen LogP contribution in [-0.2, 0) is 16.1 Å². The number of hydrogen-bond donors (Lipinski definition) is 2. The molecule has 40 heavy (non-hydrogen) atoms. The summed E-state index contributed by atoms with van der Waals surface area (Å²) in [5, 5.41) is 6.00. The fourth-order valence-electron chi connectivity index (χ4n) is 6.03. The predicted molar refractivity (Wildman–Crippen MR) is 154 cm³/mol. The van der Waals surface area contributed by atoms with E-state index in [4.69, 9.17) is 4.74 Å². The molecule has 4 heterocycles. The number of nitrogens with zero attached hydrogens (tertiary/aromatic N) is 4. The van der Waals surface area contributed by atoms with E-state index in [1.165, 1.54) is 11.1 Å². The molecule has 1 atom stereocenters. The van der Waals surface area contributed by atoms with E-state index >= 15 is 0 Å². The normalized spacial score (nSPS) is 21.6. The van der Waals surface area contributed by atoms with E-state index in [1.807, 2.05) is 12.4 Å². The summed E-state index contributed by atoms with van der Waals surface area (Å²) < 4.78 is 5.47. The third kappa shape index (κ3) is 6.21. The first-order chi connectivity index (χ1) is 19.6. The number of anilines is 1. The van der Waals surface area contributed by atoms with Crippen molar-refractivity contribution in [3.63, 3.8) is 0 Å². The second-order valence-electron chi connectivity index (χ2n) is 11.0. The van der Waals surface area contributed by atoms with Crippen molar-refractivity contribution in [2.45, 2.75) is 51.1 Å². The molecule has 0 spiro atoms. The molecule has 1 saturated carbocycles.